The molecule has 6 N–H and O–H groups in total. The molecule has 0 aliphatic carbocycles. The second-order valence-corrected chi connectivity index (χ2v) is 10.6. The third kappa shape index (κ3) is 6.00. The van der Waals surface area contributed by atoms with Crippen molar-refractivity contribution in [1.29, 1.82) is 0 Å². The Kier molecular flexibility index (Phi) is 12.3. The Labute approximate surface area is 175 Å². The summed E-state index contributed by atoms with van der Waals surface area (Å²) in [6.07, 6.45) is -5.90. The van der Waals surface area contributed by atoms with E-state index in [1.54, 1.807) is 27.7 Å². The molecular formula is C19H38N3O6Si. The van der Waals surface area contributed by atoms with Crippen LogP contribution in [-0.4, -0.2) is 79.8 Å². The van der Waals surface area contributed by atoms with E-state index in [9.17, 15) is 29.7 Å². The summed E-state index contributed by atoms with van der Waals surface area (Å²) in [6, 6.07) is 1.41. The molecule has 10 heteroatoms. The summed E-state index contributed by atoms with van der Waals surface area (Å²) >= 11 is 0. The number of amides is 3. The van der Waals surface area contributed by atoms with E-state index in [0.717, 1.165) is 0 Å². The Morgan fingerprint density at radius 3 is 1.21 bits per heavy atom. The van der Waals surface area contributed by atoms with Crippen molar-refractivity contribution in [2.24, 2.45) is 5.41 Å². The van der Waals surface area contributed by atoms with Crippen LogP contribution in [0.1, 0.15) is 41.5 Å². The molecule has 0 fully saturated rings. The van der Waals surface area contributed by atoms with Gasteiger partial charge in [-0.2, -0.15) is 0 Å². The molecule has 0 heterocycles. The van der Waals surface area contributed by atoms with E-state index in [2.05, 4.69) is 16.0 Å². The van der Waals surface area contributed by atoms with Gasteiger partial charge in [0, 0.05) is 19.6 Å². The molecule has 1 radical (unpaired) electrons. The first kappa shape index (κ1) is 27.5. The Bertz CT molecular complexity index is 484. The van der Waals surface area contributed by atoms with Crippen molar-refractivity contribution in [1.82, 2.24) is 16.0 Å². The first-order valence-electron chi connectivity index (χ1n) is 10.3. The van der Waals surface area contributed by atoms with Crippen molar-refractivity contribution in [3.05, 3.63) is 0 Å². The minimum atomic E-state index is -2.10. The number of hydrogen-bond donors (Lipinski definition) is 6. The van der Waals surface area contributed by atoms with Gasteiger partial charge in [-0.25, -0.2) is 0 Å². The maximum absolute atomic E-state index is 12.6. The van der Waals surface area contributed by atoms with Crippen LogP contribution in [0.5, 0.6) is 0 Å². The molecule has 0 bridgehead atoms. The van der Waals surface area contributed by atoms with Gasteiger partial charge in [-0.15, -0.1) is 0 Å². The fourth-order valence-corrected chi connectivity index (χ4v) is 6.77. The Balaban J connectivity index is 6.78. The minimum absolute atomic E-state index is 0.203. The van der Waals surface area contributed by atoms with Gasteiger partial charge in [-0.05, 0) is 26.3 Å². The smallest absolute Gasteiger partial charge is 0.249 e. The van der Waals surface area contributed by atoms with Gasteiger partial charge in [0.25, 0.3) is 0 Å². The summed E-state index contributed by atoms with van der Waals surface area (Å²) in [5.74, 6) is -2.54. The Hall–Kier alpha value is -1.49. The highest BCUT2D eigenvalue weighted by Gasteiger charge is 2.61. The van der Waals surface area contributed by atoms with E-state index >= 15 is 0 Å². The van der Waals surface area contributed by atoms with Gasteiger partial charge >= 0.3 is 0 Å². The molecule has 0 aromatic heterocycles. The van der Waals surface area contributed by atoms with Gasteiger partial charge in [0.15, 0.2) is 0 Å². The SMILES string of the molecule is CCNC(=O)C(O)C(C(O)C(=O)NCC)(C(O)C(=O)NCC)C(C)[Si](CC)CC. The average molecular weight is 433 g/mol. The van der Waals surface area contributed by atoms with Crippen molar-refractivity contribution in [2.75, 3.05) is 19.6 Å². The lowest BCUT2D eigenvalue weighted by Crippen LogP contribution is -2.68. The van der Waals surface area contributed by atoms with Crippen LogP contribution in [-0.2, 0) is 14.4 Å². The molecule has 4 unspecified atom stereocenters. The molecule has 0 aromatic rings. The van der Waals surface area contributed by atoms with Crippen LogP contribution in [0.25, 0.3) is 0 Å². The van der Waals surface area contributed by atoms with Crippen LogP contribution in [0.4, 0.5) is 0 Å². The normalized spacial score (nSPS) is 17.6. The highest BCUT2D eigenvalue weighted by molar-refractivity contribution is 6.60. The van der Waals surface area contributed by atoms with E-state index < -0.39 is 55.8 Å². The number of carbonyl (C=O) groups is 3. The minimum Gasteiger partial charge on any atom is -0.382 e. The van der Waals surface area contributed by atoms with Gasteiger partial charge in [-0.1, -0.05) is 32.9 Å². The van der Waals surface area contributed by atoms with E-state index in [1.165, 1.54) is 0 Å². The summed E-state index contributed by atoms with van der Waals surface area (Å²) in [4.78, 5) is 37.9. The molecule has 0 aromatic carbocycles. The molecule has 9 nitrogen and oxygen atoms in total. The molecule has 3 amide bonds. The van der Waals surface area contributed by atoms with Crippen molar-refractivity contribution >= 4 is 26.5 Å². The van der Waals surface area contributed by atoms with Crippen molar-refractivity contribution in [3.8, 4) is 0 Å². The zero-order valence-corrected chi connectivity index (χ0v) is 19.4. The number of carbonyl (C=O) groups excluding carboxylic acids is 3. The molecule has 0 rings (SSSR count). The molecule has 169 valence electrons. The van der Waals surface area contributed by atoms with Crippen LogP contribution >= 0.6 is 0 Å². The summed E-state index contributed by atoms with van der Waals surface area (Å²) in [7, 11) is -1.35. The lowest BCUT2D eigenvalue weighted by atomic mass is 9.68. The Morgan fingerprint density at radius 1 is 0.724 bits per heavy atom. The highest BCUT2D eigenvalue weighted by Crippen LogP contribution is 2.46. The van der Waals surface area contributed by atoms with E-state index in [-0.39, 0.29) is 19.6 Å². The summed E-state index contributed by atoms with van der Waals surface area (Å²) in [6.45, 7) is 11.1. The van der Waals surface area contributed by atoms with E-state index in [4.69, 9.17) is 0 Å². The third-order valence-electron chi connectivity index (χ3n) is 5.49. The number of rotatable bonds is 13. The quantitative estimate of drug-likeness (QED) is 0.214. The van der Waals surface area contributed by atoms with Crippen LogP contribution in [0.15, 0.2) is 0 Å². The number of hydrogen-bond acceptors (Lipinski definition) is 6. The van der Waals surface area contributed by atoms with Gasteiger partial charge in [0.1, 0.15) is 18.3 Å². The fourth-order valence-electron chi connectivity index (χ4n) is 3.87. The molecular weight excluding hydrogens is 394 g/mol. The summed E-state index contributed by atoms with van der Waals surface area (Å²) < 4.78 is 0. The summed E-state index contributed by atoms with van der Waals surface area (Å²) in [5.41, 5.74) is -2.74. The highest BCUT2D eigenvalue weighted by atomic mass is 28.3. The molecule has 4 atom stereocenters. The molecule has 0 saturated heterocycles. The lowest BCUT2D eigenvalue weighted by molar-refractivity contribution is -0.177. The maximum Gasteiger partial charge on any atom is 0.249 e. The molecule has 0 saturated carbocycles. The average Bonchev–Trinajstić information content (AvgIpc) is 2.69. The van der Waals surface area contributed by atoms with Gasteiger partial charge in [0.2, 0.25) is 17.7 Å². The zero-order valence-electron chi connectivity index (χ0n) is 18.4. The van der Waals surface area contributed by atoms with Crippen LogP contribution in [0, 0.1) is 5.41 Å². The van der Waals surface area contributed by atoms with Crippen molar-refractivity contribution < 1.29 is 29.7 Å². The largest absolute Gasteiger partial charge is 0.382 e. The van der Waals surface area contributed by atoms with Crippen molar-refractivity contribution in [2.45, 2.75) is 77.5 Å². The van der Waals surface area contributed by atoms with Crippen LogP contribution in [0.3, 0.4) is 0 Å². The maximum atomic E-state index is 12.6. The number of likely N-dealkylation sites (N-methyl/N-ethyl adjacent to an activating group) is 3. The number of aliphatic hydroxyl groups excluding tert-OH is 3. The second-order valence-electron chi connectivity index (χ2n) is 6.98. The zero-order chi connectivity index (χ0) is 22.8. The van der Waals surface area contributed by atoms with Crippen LogP contribution in [0.2, 0.25) is 17.6 Å². The van der Waals surface area contributed by atoms with Gasteiger partial charge < -0.3 is 31.3 Å². The first-order valence-corrected chi connectivity index (χ1v) is 12.3. The molecule has 0 aliphatic heterocycles. The van der Waals surface area contributed by atoms with Crippen LogP contribution < -0.4 is 16.0 Å². The summed E-state index contributed by atoms with van der Waals surface area (Å²) in [5, 5.41) is 40.6. The lowest BCUT2D eigenvalue weighted by Gasteiger charge is -2.48. The number of aliphatic hydroxyl groups is 3. The molecule has 0 aliphatic rings. The molecule has 29 heavy (non-hydrogen) atoms. The first-order chi connectivity index (χ1) is 13.6. The predicted molar refractivity (Wildman–Crippen MR) is 113 cm³/mol. The molecule has 0 spiro atoms. The van der Waals surface area contributed by atoms with E-state index in [0.29, 0.717) is 12.1 Å². The second kappa shape index (κ2) is 12.9. The predicted octanol–water partition coefficient (Wildman–Crippen LogP) is -0.611. The third-order valence-corrected chi connectivity index (χ3v) is 9.03. The fraction of sp³-hybridized carbons (Fsp3) is 0.842. The monoisotopic (exact) mass is 432 g/mol. The Morgan fingerprint density at radius 2 is 1.00 bits per heavy atom. The van der Waals surface area contributed by atoms with Gasteiger partial charge in [0.05, 0.1) is 14.2 Å². The van der Waals surface area contributed by atoms with Crippen molar-refractivity contribution in [3.63, 3.8) is 0 Å². The topological polar surface area (TPSA) is 148 Å². The van der Waals surface area contributed by atoms with E-state index in [1.807, 2.05) is 13.8 Å². The number of nitrogens with one attached hydrogen (secondary N) is 3. The van der Waals surface area contributed by atoms with Gasteiger partial charge in [-0.3, -0.25) is 14.4 Å². The standard InChI is InChI=1S/C19H38N3O6Si/c1-7-20-16(26)13(23)19(12(6)29(10-4)11-5,14(24)17(27)21-8-2)15(25)18(28)22-9-3/h12-15,23-25H,7-11H2,1-6H3,(H,20,26)(H,21,27)(H,22,28).